The standard InChI is InChI=1S/C16H12Cl3NO3/c17-9-7-10(18)15(21)13(14(9)19)16(22)20-11-5-6-23-12-4-2-1-3-8(11)12/h1-4,7,11,21H,5-6H2,(H,20,22). The molecule has 1 aliphatic rings. The Kier molecular flexibility index (Phi) is 4.57. The SMILES string of the molecule is O=C(NC1CCOc2ccccc21)c1c(O)c(Cl)cc(Cl)c1Cl. The van der Waals surface area contributed by atoms with E-state index in [4.69, 9.17) is 39.5 Å². The maximum absolute atomic E-state index is 12.6. The van der Waals surface area contributed by atoms with Gasteiger partial charge in [0.25, 0.3) is 5.91 Å². The van der Waals surface area contributed by atoms with E-state index in [-0.39, 0.29) is 32.4 Å². The third-order valence-corrected chi connectivity index (χ3v) is 4.71. The summed E-state index contributed by atoms with van der Waals surface area (Å²) in [4.78, 5) is 12.6. The molecule has 2 N–H and O–H groups in total. The number of rotatable bonds is 2. The predicted molar refractivity (Wildman–Crippen MR) is 89.9 cm³/mol. The van der Waals surface area contributed by atoms with Gasteiger partial charge in [-0.1, -0.05) is 53.0 Å². The van der Waals surface area contributed by atoms with E-state index in [0.29, 0.717) is 13.0 Å². The van der Waals surface area contributed by atoms with Crippen LogP contribution in [0.1, 0.15) is 28.4 Å². The number of hydrogen-bond acceptors (Lipinski definition) is 3. The normalized spacial score (nSPS) is 16.4. The summed E-state index contributed by atoms with van der Waals surface area (Å²) in [5, 5.41) is 12.9. The summed E-state index contributed by atoms with van der Waals surface area (Å²) in [5.74, 6) is -0.207. The van der Waals surface area contributed by atoms with E-state index in [9.17, 15) is 9.90 Å². The average molecular weight is 373 g/mol. The molecular weight excluding hydrogens is 361 g/mol. The highest BCUT2D eigenvalue weighted by atomic mass is 35.5. The molecule has 1 unspecified atom stereocenters. The average Bonchev–Trinajstić information content (AvgIpc) is 2.54. The van der Waals surface area contributed by atoms with E-state index in [1.54, 1.807) is 0 Å². The minimum atomic E-state index is -0.543. The Morgan fingerprint density at radius 3 is 2.74 bits per heavy atom. The fourth-order valence-corrected chi connectivity index (χ4v) is 3.21. The highest BCUT2D eigenvalue weighted by Gasteiger charge is 2.27. The first-order valence-corrected chi connectivity index (χ1v) is 8.01. The summed E-state index contributed by atoms with van der Waals surface area (Å²) in [6, 6.07) is 8.50. The Hall–Kier alpha value is -1.62. The van der Waals surface area contributed by atoms with E-state index < -0.39 is 5.91 Å². The lowest BCUT2D eigenvalue weighted by Gasteiger charge is -2.27. The molecule has 1 heterocycles. The van der Waals surface area contributed by atoms with Crippen LogP contribution < -0.4 is 10.1 Å². The molecule has 0 saturated heterocycles. The van der Waals surface area contributed by atoms with Gasteiger partial charge in [-0.15, -0.1) is 0 Å². The van der Waals surface area contributed by atoms with Crippen LogP contribution in [0.2, 0.25) is 15.1 Å². The second-order valence-electron chi connectivity index (χ2n) is 5.08. The third-order valence-electron chi connectivity index (χ3n) is 3.64. The Morgan fingerprint density at radius 1 is 1.22 bits per heavy atom. The van der Waals surface area contributed by atoms with Crippen LogP contribution in [0.5, 0.6) is 11.5 Å². The lowest BCUT2D eigenvalue weighted by atomic mass is 10.00. The molecule has 0 fully saturated rings. The number of phenolic OH excluding ortho intramolecular Hbond substituents is 1. The van der Waals surface area contributed by atoms with Crippen molar-refractivity contribution < 1.29 is 14.6 Å². The molecule has 0 spiro atoms. The van der Waals surface area contributed by atoms with E-state index in [2.05, 4.69) is 5.32 Å². The number of nitrogens with one attached hydrogen (secondary N) is 1. The summed E-state index contributed by atoms with van der Waals surface area (Å²) in [5.41, 5.74) is 0.740. The van der Waals surface area contributed by atoms with Crippen molar-refractivity contribution in [2.24, 2.45) is 0 Å². The summed E-state index contributed by atoms with van der Waals surface area (Å²) in [6.07, 6.45) is 0.607. The number of amides is 1. The van der Waals surface area contributed by atoms with Crippen LogP contribution in [0.15, 0.2) is 30.3 Å². The molecule has 2 aromatic carbocycles. The van der Waals surface area contributed by atoms with E-state index in [1.807, 2.05) is 24.3 Å². The van der Waals surface area contributed by atoms with Crippen LogP contribution in [0.4, 0.5) is 0 Å². The maximum Gasteiger partial charge on any atom is 0.257 e. The number of hydrogen-bond donors (Lipinski definition) is 2. The van der Waals surface area contributed by atoms with Crippen molar-refractivity contribution in [1.29, 1.82) is 0 Å². The van der Waals surface area contributed by atoms with Crippen molar-refractivity contribution in [3.63, 3.8) is 0 Å². The smallest absolute Gasteiger partial charge is 0.257 e. The minimum Gasteiger partial charge on any atom is -0.505 e. The Labute approximate surface area is 147 Å². The monoisotopic (exact) mass is 371 g/mol. The van der Waals surface area contributed by atoms with Gasteiger partial charge in [0.15, 0.2) is 0 Å². The van der Waals surface area contributed by atoms with Crippen molar-refractivity contribution in [3.05, 3.63) is 56.5 Å². The number of halogens is 3. The van der Waals surface area contributed by atoms with Gasteiger partial charge in [0.2, 0.25) is 0 Å². The molecule has 1 amide bonds. The molecule has 2 aromatic rings. The van der Waals surface area contributed by atoms with Crippen LogP contribution >= 0.6 is 34.8 Å². The fourth-order valence-electron chi connectivity index (χ4n) is 2.52. The number of ether oxygens (including phenoxy) is 1. The first-order chi connectivity index (χ1) is 11.0. The number of carbonyl (C=O) groups is 1. The van der Waals surface area contributed by atoms with Crippen molar-refractivity contribution in [1.82, 2.24) is 5.32 Å². The molecule has 0 saturated carbocycles. The van der Waals surface area contributed by atoms with Gasteiger partial charge in [-0.2, -0.15) is 0 Å². The molecule has 1 atom stereocenters. The number of phenols is 1. The zero-order valence-corrected chi connectivity index (χ0v) is 14.0. The zero-order chi connectivity index (χ0) is 16.6. The van der Waals surface area contributed by atoms with E-state index in [0.717, 1.165) is 11.3 Å². The second-order valence-corrected chi connectivity index (χ2v) is 6.27. The Bertz CT molecular complexity index is 753. The number of para-hydroxylation sites is 1. The van der Waals surface area contributed by atoms with Gasteiger partial charge in [0, 0.05) is 12.0 Å². The minimum absolute atomic E-state index is 0.0306. The van der Waals surface area contributed by atoms with Crippen LogP contribution in [0.3, 0.4) is 0 Å². The van der Waals surface area contributed by atoms with Crippen LogP contribution in [-0.4, -0.2) is 17.6 Å². The van der Waals surface area contributed by atoms with Crippen molar-refractivity contribution in [2.45, 2.75) is 12.5 Å². The molecule has 0 aliphatic carbocycles. The summed E-state index contributed by atoms with van der Waals surface area (Å²) < 4.78 is 5.56. The van der Waals surface area contributed by atoms with Gasteiger partial charge in [-0.25, -0.2) is 0 Å². The second kappa shape index (κ2) is 6.48. The van der Waals surface area contributed by atoms with Gasteiger partial charge in [0.05, 0.1) is 27.7 Å². The first kappa shape index (κ1) is 16.2. The first-order valence-electron chi connectivity index (χ1n) is 6.88. The topological polar surface area (TPSA) is 58.6 Å². The van der Waals surface area contributed by atoms with Crippen LogP contribution in [0.25, 0.3) is 0 Å². The highest BCUT2D eigenvalue weighted by Crippen LogP contribution is 2.39. The highest BCUT2D eigenvalue weighted by molar-refractivity contribution is 6.45. The largest absolute Gasteiger partial charge is 0.505 e. The van der Waals surface area contributed by atoms with Gasteiger partial charge in [-0.3, -0.25) is 4.79 Å². The molecule has 23 heavy (non-hydrogen) atoms. The zero-order valence-electron chi connectivity index (χ0n) is 11.8. The van der Waals surface area contributed by atoms with E-state index >= 15 is 0 Å². The van der Waals surface area contributed by atoms with Gasteiger partial charge >= 0.3 is 0 Å². The van der Waals surface area contributed by atoms with Crippen molar-refractivity contribution in [3.8, 4) is 11.5 Å². The molecule has 0 bridgehead atoms. The van der Waals surface area contributed by atoms with Gasteiger partial charge in [0.1, 0.15) is 17.1 Å². The van der Waals surface area contributed by atoms with E-state index in [1.165, 1.54) is 6.07 Å². The summed E-state index contributed by atoms with van der Waals surface area (Å²) in [6.45, 7) is 0.484. The number of fused-ring (bicyclic) bond motifs is 1. The quantitative estimate of drug-likeness (QED) is 0.757. The Balaban J connectivity index is 1.93. The molecule has 0 radical (unpaired) electrons. The van der Waals surface area contributed by atoms with Gasteiger partial charge < -0.3 is 15.2 Å². The van der Waals surface area contributed by atoms with Crippen LogP contribution in [-0.2, 0) is 0 Å². The molecule has 1 aliphatic heterocycles. The van der Waals surface area contributed by atoms with Crippen molar-refractivity contribution >= 4 is 40.7 Å². The molecule has 4 nitrogen and oxygen atoms in total. The molecular formula is C16H12Cl3NO3. The molecule has 3 rings (SSSR count). The summed E-state index contributed by atoms with van der Waals surface area (Å²) in [7, 11) is 0. The van der Waals surface area contributed by atoms with Crippen LogP contribution in [0, 0.1) is 0 Å². The maximum atomic E-state index is 12.6. The van der Waals surface area contributed by atoms with Crippen molar-refractivity contribution in [2.75, 3.05) is 6.61 Å². The number of aromatic hydroxyl groups is 1. The molecule has 0 aromatic heterocycles. The molecule has 120 valence electrons. The molecule has 7 heteroatoms. The number of carbonyl (C=O) groups excluding carboxylic acids is 1. The predicted octanol–water partition coefficient (Wildman–Crippen LogP) is 4.61. The lowest BCUT2D eigenvalue weighted by Crippen LogP contribution is -2.32. The lowest BCUT2D eigenvalue weighted by molar-refractivity contribution is 0.0922. The summed E-state index contributed by atoms with van der Waals surface area (Å²) >= 11 is 17.8. The fraction of sp³-hybridized carbons (Fsp3) is 0.188. The number of benzene rings is 2. The van der Waals surface area contributed by atoms with Gasteiger partial charge in [-0.05, 0) is 12.1 Å². The third kappa shape index (κ3) is 3.07. The Morgan fingerprint density at radius 2 is 1.96 bits per heavy atom.